The molecule has 0 radical (unpaired) electrons. The molecule has 0 spiro atoms. The number of nitrogens with one attached hydrogen (secondary N) is 1. The van der Waals surface area contributed by atoms with Crippen LogP contribution in [0.25, 0.3) is 10.2 Å². The Morgan fingerprint density at radius 1 is 1.50 bits per heavy atom. The predicted octanol–water partition coefficient (Wildman–Crippen LogP) is 1.18. The van der Waals surface area contributed by atoms with Crippen LogP contribution in [0.2, 0.25) is 0 Å². The molecule has 0 aliphatic rings. The van der Waals surface area contributed by atoms with Crippen LogP contribution in [0.15, 0.2) is 22.5 Å². The maximum Gasteiger partial charge on any atom is 0.238 e. The monoisotopic (exact) mass is 313 g/mol. The molecule has 0 bridgehead atoms. The Morgan fingerprint density at radius 2 is 2.20 bits per heavy atom. The lowest BCUT2D eigenvalue weighted by Crippen LogP contribution is -2.37. The number of thiazole rings is 1. The summed E-state index contributed by atoms with van der Waals surface area (Å²) >= 11 is 1.02. The van der Waals surface area contributed by atoms with Gasteiger partial charge < -0.3 is 11.1 Å². The van der Waals surface area contributed by atoms with Gasteiger partial charge in [0.1, 0.15) is 5.25 Å². The summed E-state index contributed by atoms with van der Waals surface area (Å²) in [6, 6.07) is 4.99. The molecule has 108 valence electrons. The third kappa shape index (κ3) is 2.61. The van der Waals surface area contributed by atoms with Crippen molar-refractivity contribution in [3.05, 3.63) is 18.2 Å². The highest BCUT2D eigenvalue weighted by Crippen LogP contribution is 2.29. The van der Waals surface area contributed by atoms with Crippen LogP contribution in [-0.2, 0) is 14.6 Å². The van der Waals surface area contributed by atoms with Crippen molar-refractivity contribution in [2.24, 2.45) is 0 Å². The highest BCUT2D eigenvalue weighted by atomic mass is 32.2. The quantitative estimate of drug-likeness (QED) is 0.825. The molecular formula is C12H15N3O3S2. The summed E-state index contributed by atoms with van der Waals surface area (Å²) in [6.07, 6.45) is 0. The van der Waals surface area contributed by atoms with E-state index in [0.717, 1.165) is 11.3 Å². The SMILES string of the molecule is CCNC(=O)C(C)S(=O)(=O)c1nc2ccc(N)cc2s1. The molecule has 2 aromatic rings. The van der Waals surface area contributed by atoms with E-state index in [9.17, 15) is 13.2 Å². The number of nitrogen functional groups attached to an aromatic ring is 1. The predicted molar refractivity (Wildman–Crippen MR) is 79.4 cm³/mol. The number of fused-ring (bicyclic) bond motifs is 1. The van der Waals surface area contributed by atoms with Gasteiger partial charge >= 0.3 is 0 Å². The smallest absolute Gasteiger partial charge is 0.238 e. The third-order valence-electron chi connectivity index (χ3n) is 2.82. The van der Waals surface area contributed by atoms with Crippen LogP contribution in [-0.4, -0.2) is 31.1 Å². The van der Waals surface area contributed by atoms with Crippen molar-refractivity contribution in [1.82, 2.24) is 10.3 Å². The Labute approximate surface area is 120 Å². The highest BCUT2D eigenvalue weighted by molar-refractivity contribution is 7.94. The molecule has 0 fully saturated rings. The second-order valence-electron chi connectivity index (χ2n) is 4.29. The maximum absolute atomic E-state index is 12.4. The Kier molecular flexibility index (Phi) is 3.96. The van der Waals surface area contributed by atoms with Gasteiger partial charge in [-0.25, -0.2) is 13.4 Å². The zero-order valence-electron chi connectivity index (χ0n) is 11.1. The number of hydrogen-bond donors (Lipinski definition) is 2. The Hall–Kier alpha value is -1.67. The summed E-state index contributed by atoms with van der Waals surface area (Å²) < 4.78 is 25.3. The van der Waals surface area contributed by atoms with Gasteiger partial charge in [0, 0.05) is 12.2 Å². The molecule has 1 unspecified atom stereocenters. The van der Waals surface area contributed by atoms with E-state index in [0.29, 0.717) is 22.4 Å². The number of carbonyl (C=O) groups is 1. The first kappa shape index (κ1) is 14.7. The molecule has 1 aromatic heterocycles. The topological polar surface area (TPSA) is 102 Å². The second kappa shape index (κ2) is 5.37. The number of hydrogen-bond acceptors (Lipinski definition) is 6. The molecule has 0 aliphatic carbocycles. The summed E-state index contributed by atoms with van der Waals surface area (Å²) in [5, 5.41) is 1.34. The van der Waals surface area contributed by atoms with E-state index in [2.05, 4.69) is 10.3 Å². The number of benzene rings is 1. The summed E-state index contributed by atoms with van der Waals surface area (Å²) in [7, 11) is -3.78. The van der Waals surface area contributed by atoms with Crippen molar-refractivity contribution < 1.29 is 13.2 Å². The first-order valence-corrected chi connectivity index (χ1v) is 8.40. The Morgan fingerprint density at radius 3 is 2.85 bits per heavy atom. The van der Waals surface area contributed by atoms with Crippen molar-refractivity contribution in [2.45, 2.75) is 23.4 Å². The minimum absolute atomic E-state index is 0.0585. The Bertz CT molecular complexity index is 752. The van der Waals surface area contributed by atoms with Crippen LogP contribution in [0, 0.1) is 0 Å². The van der Waals surface area contributed by atoms with Crippen LogP contribution in [0.3, 0.4) is 0 Å². The van der Waals surface area contributed by atoms with Crippen molar-refractivity contribution in [1.29, 1.82) is 0 Å². The number of sulfone groups is 1. The van der Waals surface area contributed by atoms with Gasteiger partial charge in [0.15, 0.2) is 0 Å². The lowest BCUT2D eigenvalue weighted by atomic mass is 10.3. The summed E-state index contributed by atoms with van der Waals surface area (Å²) in [6.45, 7) is 3.48. The first-order chi connectivity index (χ1) is 9.36. The van der Waals surface area contributed by atoms with Crippen LogP contribution in [0.5, 0.6) is 0 Å². The zero-order chi connectivity index (χ0) is 14.9. The lowest BCUT2D eigenvalue weighted by molar-refractivity contribution is -0.120. The molecule has 8 heteroatoms. The van der Waals surface area contributed by atoms with E-state index >= 15 is 0 Å². The highest BCUT2D eigenvalue weighted by Gasteiger charge is 2.32. The Balaban J connectivity index is 2.43. The van der Waals surface area contributed by atoms with Crippen molar-refractivity contribution in [3.63, 3.8) is 0 Å². The van der Waals surface area contributed by atoms with Gasteiger partial charge in [-0.1, -0.05) is 0 Å². The van der Waals surface area contributed by atoms with Crippen LogP contribution in [0.4, 0.5) is 5.69 Å². The zero-order valence-corrected chi connectivity index (χ0v) is 12.7. The molecule has 1 amide bonds. The molecule has 3 N–H and O–H groups in total. The molecule has 20 heavy (non-hydrogen) atoms. The molecule has 1 atom stereocenters. The number of anilines is 1. The maximum atomic E-state index is 12.4. The summed E-state index contributed by atoms with van der Waals surface area (Å²) in [4.78, 5) is 15.8. The molecule has 0 saturated heterocycles. The van der Waals surface area contributed by atoms with Crippen LogP contribution < -0.4 is 11.1 Å². The van der Waals surface area contributed by atoms with Gasteiger partial charge in [-0.05, 0) is 32.0 Å². The van der Waals surface area contributed by atoms with Crippen molar-refractivity contribution in [3.8, 4) is 0 Å². The van der Waals surface area contributed by atoms with E-state index in [4.69, 9.17) is 5.73 Å². The van der Waals surface area contributed by atoms with Gasteiger partial charge in [-0.2, -0.15) is 0 Å². The van der Waals surface area contributed by atoms with Crippen molar-refractivity contribution >= 4 is 43.0 Å². The minimum Gasteiger partial charge on any atom is -0.399 e. The third-order valence-corrected chi connectivity index (χ3v) is 6.30. The van der Waals surface area contributed by atoms with Crippen molar-refractivity contribution in [2.75, 3.05) is 12.3 Å². The van der Waals surface area contributed by atoms with Gasteiger partial charge in [-0.3, -0.25) is 4.79 Å². The number of rotatable bonds is 4. The molecule has 1 heterocycles. The molecule has 1 aromatic carbocycles. The summed E-state index contributed by atoms with van der Waals surface area (Å²) in [5.41, 5.74) is 6.76. The average molecular weight is 313 g/mol. The van der Waals surface area contributed by atoms with Gasteiger partial charge in [0.25, 0.3) is 0 Å². The standard InChI is InChI=1S/C12H15N3O3S2/c1-3-14-11(16)7(2)20(17,18)12-15-9-5-4-8(13)6-10(9)19-12/h4-7H,3,13H2,1-2H3,(H,14,16). The largest absolute Gasteiger partial charge is 0.399 e. The number of aromatic nitrogens is 1. The average Bonchev–Trinajstić information content (AvgIpc) is 2.81. The normalized spacial score (nSPS) is 13.3. The van der Waals surface area contributed by atoms with E-state index in [1.165, 1.54) is 6.92 Å². The van der Waals surface area contributed by atoms with E-state index < -0.39 is 21.0 Å². The second-order valence-corrected chi connectivity index (χ2v) is 7.76. The van der Waals surface area contributed by atoms with E-state index in [1.54, 1.807) is 25.1 Å². The molecular weight excluding hydrogens is 298 g/mol. The number of nitrogens with two attached hydrogens (primary N) is 1. The fourth-order valence-electron chi connectivity index (χ4n) is 1.65. The lowest BCUT2D eigenvalue weighted by Gasteiger charge is -2.09. The minimum atomic E-state index is -3.78. The fraction of sp³-hybridized carbons (Fsp3) is 0.333. The van der Waals surface area contributed by atoms with Crippen LogP contribution >= 0.6 is 11.3 Å². The number of carbonyl (C=O) groups excluding carboxylic acids is 1. The number of amides is 1. The number of nitrogens with zero attached hydrogens (tertiary/aromatic N) is 1. The van der Waals surface area contributed by atoms with E-state index in [-0.39, 0.29) is 4.34 Å². The van der Waals surface area contributed by atoms with Crippen LogP contribution in [0.1, 0.15) is 13.8 Å². The van der Waals surface area contributed by atoms with Gasteiger partial charge in [0.2, 0.25) is 20.1 Å². The molecule has 6 nitrogen and oxygen atoms in total. The molecule has 0 saturated carbocycles. The van der Waals surface area contributed by atoms with Gasteiger partial charge in [-0.15, -0.1) is 11.3 Å². The molecule has 0 aliphatic heterocycles. The first-order valence-electron chi connectivity index (χ1n) is 6.04. The fourth-order valence-corrected chi connectivity index (χ4v) is 4.46. The summed E-state index contributed by atoms with van der Waals surface area (Å²) in [5.74, 6) is -0.522. The van der Waals surface area contributed by atoms with E-state index in [1.807, 2.05) is 0 Å². The van der Waals surface area contributed by atoms with Gasteiger partial charge in [0.05, 0.1) is 10.2 Å². The molecule has 2 rings (SSSR count).